The van der Waals surface area contributed by atoms with E-state index in [9.17, 15) is 21.4 Å². The summed E-state index contributed by atoms with van der Waals surface area (Å²) in [7, 11) is -6.53. The molecule has 2 unspecified atom stereocenters. The van der Waals surface area contributed by atoms with Gasteiger partial charge in [0, 0.05) is 61.4 Å². The maximum atomic E-state index is 12.3. The highest BCUT2D eigenvalue weighted by Gasteiger charge is 2.32. The molecule has 0 amide bonds. The molecule has 1 aromatic carbocycles. The number of benzene rings is 1. The van der Waals surface area contributed by atoms with Crippen LogP contribution >= 0.6 is 12.0 Å². The molecular formula is C18H30O8S4. The third-order valence-corrected chi connectivity index (χ3v) is 9.54. The van der Waals surface area contributed by atoms with E-state index in [1.807, 2.05) is 38.1 Å². The largest absolute Gasteiger partial charge is 0.285 e. The van der Waals surface area contributed by atoms with E-state index in [-0.39, 0.29) is 22.7 Å². The minimum absolute atomic E-state index is 0.0968. The Kier molecular flexibility index (Phi) is 11.1. The molecule has 1 aromatic rings. The highest BCUT2D eigenvalue weighted by atomic mass is 32.2. The highest BCUT2D eigenvalue weighted by Crippen LogP contribution is 2.29. The fourth-order valence-electron chi connectivity index (χ4n) is 2.25. The van der Waals surface area contributed by atoms with Gasteiger partial charge in [0.2, 0.25) is 0 Å². The van der Waals surface area contributed by atoms with Crippen molar-refractivity contribution in [1.82, 2.24) is 0 Å². The Bertz CT molecular complexity index is 819. The molecule has 0 fully saturated rings. The van der Waals surface area contributed by atoms with Crippen molar-refractivity contribution in [3.63, 3.8) is 0 Å². The van der Waals surface area contributed by atoms with Gasteiger partial charge in [-0.05, 0) is 51.7 Å². The average molecular weight is 503 g/mol. The predicted octanol–water partition coefficient (Wildman–Crippen LogP) is 3.48. The van der Waals surface area contributed by atoms with E-state index in [1.54, 1.807) is 0 Å². The first-order valence-corrected chi connectivity index (χ1v) is 14.3. The van der Waals surface area contributed by atoms with Crippen LogP contribution in [0.2, 0.25) is 0 Å². The van der Waals surface area contributed by atoms with E-state index >= 15 is 0 Å². The van der Waals surface area contributed by atoms with Gasteiger partial charge < -0.3 is 0 Å². The molecule has 0 aliphatic rings. The van der Waals surface area contributed by atoms with Gasteiger partial charge in [-0.25, -0.2) is 5.26 Å². The van der Waals surface area contributed by atoms with Gasteiger partial charge in [-0.15, -0.1) is 4.33 Å². The molecule has 0 saturated carbocycles. The van der Waals surface area contributed by atoms with Crippen molar-refractivity contribution in [3.8, 4) is 0 Å². The highest BCUT2D eigenvalue weighted by molar-refractivity contribution is 7.96. The molecule has 0 aliphatic carbocycles. The molecule has 0 bridgehead atoms. The molecule has 0 radical (unpaired) electrons. The zero-order chi connectivity index (χ0) is 23.0. The van der Waals surface area contributed by atoms with Crippen molar-refractivity contribution in [2.24, 2.45) is 0 Å². The summed E-state index contributed by atoms with van der Waals surface area (Å²) < 4.78 is 59.1. The van der Waals surface area contributed by atoms with Crippen molar-refractivity contribution >= 4 is 43.8 Å². The third kappa shape index (κ3) is 10.3. The first-order valence-electron chi connectivity index (χ1n) is 9.16. The Morgan fingerprint density at radius 3 is 1.77 bits per heavy atom. The van der Waals surface area contributed by atoms with E-state index in [0.29, 0.717) is 17.9 Å². The molecule has 2 N–H and O–H groups in total. The molecule has 1 rings (SSSR count). The molecule has 0 saturated heterocycles. The summed E-state index contributed by atoms with van der Waals surface area (Å²) in [6.45, 7) is 6.59. The van der Waals surface area contributed by atoms with Crippen LogP contribution in [0.4, 0.5) is 0 Å². The fourth-order valence-corrected chi connectivity index (χ4v) is 6.16. The summed E-state index contributed by atoms with van der Waals surface area (Å²) in [5.74, 6) is 1.30. The first kappa shape index (κ1) is 27.7. The monoisotopic (exact) mass is 502 g/mol. The molecule has 8 nitrogen and oxygen atoms in total. The van der Waals surface area contributed by atoms with Gasteiger partial charge in [0.1, 0.15) is 0 Å². The Morgan fingerprint density at radius 1 is 0.933 bits per heavy atom. The second kappa shape index (κ2) is 12.0. The predicted molar refractivity (Wildman–Crippen MR) is 121 cm³/mol. The zero-order valence-corrected chi connectivity index (χ0v) is 20.8. The molecule has 0 heterocycles. The molecule has 0 aliphatic heterocycles. The van der Waals surface area contributed by atoms with Gasteiger partial charge in [0.15, 0.2) is 0 Å². The lowest BCUT2D eigenvalue weighted by Gasteiger charge is -2.20. The Hall–Kier alpha value is -0.340. The third-order valence-electron chi connectivity index (χ3n) is 4.53. The number of rotatable bonds is 14. The van der Waals surface area contributed by atoms with Crippen molar-refractivity contribution in [3.05, 3.63) is 35.4 Å². The van der Waals surface area contributed by atoms with Gasteiger partial charge in [0.05, 0.1) is 4.75 Å². The van der Waals surface area contributed by atoms with E-state index < -0.39 is 36.5 Å². The van der Waals surface area contributed by atoms with Gasteiger partial charge in [-0.3, -0.25) is 13.0 Å². The van der Waals surface area contributed by atoms with Crippen molar-refractivity contribution in [2.45, 2.75) is 61.5 Å². The van der Waals surface area contributed by atoms with Crippen molar-refractivity contribution in [1.29, 1.82) is 0 Å². The van der Waals surface area contributed by atoms with Crippen LogP contribution in [0.15, 0.2) is 24.3 Å². The second-order valence-electron chi connectivity index (χ2n) is 8.11. The summed E-state index contributed by atoms with van der Waals surface area (Å²) in [6, 6.07) is 7.33. The quantitative estimate of drug-likeness (QED) is 0.170. The van der Waals surface area contributed by atoms with Crippen LogP contribution in [-0.4, -0.2) is 47.6 Å². The minimum atomic E-state index is -4.20. The van der Waals surface area contributed by atoms with Crippen LogP contribution in [0.25, 0.3) is 0 Å². The lowest BCUT2D eigenvalue weighted by molar-refractivity contribution is -0.432. The molecule has 174 valence electrons. The van der Waals surface area contributed by atoms with Crippen LogP contribution in [0.1, 0.15) is 51.7 Å². The Labute approximate surface area is 187 Å². The van der Waals surface area contributed by atoms with E-state index in [1.165, 1.54) is 13.8 Å². The van der Waals surface area contributed by atoms with Crippen molar-refractivity contribution in [2.75, 3.05) is 11.5 Å². The summed E-state index contributed by atoms with van der Waals surface area (Å²) in [5.41, 5.74) is 1.74. The molecule has 2 atom stereocenters. The lowest BCUT2D eigenvalue weighted by atomic mass is 10.1. The van der Waals surface area contributed by atoms with Crippen LogP contribution in [0, 0.1) is 0 Å². The molecular weight excluding hydrogens is 472 g/mol. The Morgan fingerprint density at radius 2 is 1.37 bits per heavy atom. The second-order valence-corrected chi connectivity index (χ2v) is 14.7. The summed E-state index contributed by atoms with van der Waals surface area (Å²) in [4.78, 5) is 0. The minimum Gasteiger partial charge on any atom is -0.285 e. The topological polar surface area (TPSA) is 127 Å². The van der Waals surface area contributed by atoms with Gasteiger partial charge in [-0.2, -0.15) is 8.42 Å². The summed E-state index contributed by atoms with van der Waals surface area (Å²) in [5, 5.41) is 11.8. The Balaban J connectivity index is 2.49. The first-order chi connectivity index (χ1) is 13.8. The van der Waals surface area contributed by atoms with Crippen LogP contribution < -0.4 is 0 Å². The van der Waals surface area contributed by atoms with Crippen LogP contribution in [0.3, 0.4) is 0 Å². The van der Waals surface area contributed by atoms with Gasteiger partial charge in [0.25, 0.3) is 10.1 Å². The van der Waals surface area contributed by atoms with Crippen LogP contribution in [0.5, 0.6) is 0 Å². The zero-order valence-electron chi connectivity index (χ0n) is 17.5. The smallest absolute Gasteiger partial charge is 0.270 e. The maximum Gasteiger partial charge on any atom is 0.270 e. The number of hydrogen-bond donors (Lipinski definition) is 2. The summed E-state index contributed by atoms with van der Waals surface area (Å²) >= 11 is 0.958. The molecule has 0 aromatic heterocycles. The lowest BCUT2D eigenvalue weighted by Crippen LogP contribution is -2.33. The molecule has 30 heavy (non-hydrogen) atoms. The SMILES string of the molecule is CC(C)(CCS(=O)Cc1ccc(CS(=O)CCC(C)(C)S(=O)(=O)O)cc1)SOOO. The van der Waals surface area contributed by atoms with Gasteiger partial charge in [-0.1, -0.05) is 29.3 Å². The van der Waals surface area contributed by atoms with Gasteiger partial charge >= 0.3 is 0 Å². The number of hydrogen-bond acceptors (Lipinski definition) is 8. The van der Waals surface area contributed by atoms with Crippen LogP contribution in [-0.2, 0) is 52.6 Å². The normalized spacial score (nSPS) is 15.1. The summed E-state index contributed by atoms with van der Waals surface area (Å²) in [6.07, 6.45) is 0.699. The van der Waals surface area contributed by atoms with E-state index in [0.717, 1.165) is 23.2 Å². The van der Waals surface area contributed by atoms with E-state index in [2.05, 4.69) is 9.37 Å². The molecule has 0 spiro atoms. The van der Waals surface area contributed by atoms with Crippen molar-refractivity contribution < 1.29 is 36.0 Å². The molecule has 12 heteroatoms. The average Bonchev–Trinajstić information content (AvgIpc) is 2.64. The maximum absolute atomic E-state index is 12.3. The standard InChI is InChI=1S/C18H30O8S4/c1-17(2,27-26-25-19)9-11-28(20)13-15-5-7-16(8-6-15)14-29(21)12-10-18(3,4)30(22,23)24/h5-8,19H,9-14H2,1-4H3,(H,22,23,24). The van der Waals surface area contributed by atoms with E-state index in [4.69, 9.17) is 5.26 Å². The fraction of sp³-hybridized carbons (Fsp3) is 0.667.